The van der Waals surface area contributed by atoms with Crippen LogP contribution in [0.5, 0.6) is 0 Å². The fourth-order valence-electron chi connectivity index (χ4n) is 4.41. The van der Waals surface area contributed by atoms with Crippen LogP contribution < -0.4 is 4.90 Å². The third kappa shape index (κ3) is 5.03. The van der Waals surface area contributed by atoms with Crippen LogP contribution in [-0.2, 0) is 17.6 Å². The first-order valence-corrected chi connectivity index (χ1v) is 11.5. The van der Waals surface area contributed by atoms with Crippen LogP contribution in [-0.4, -0.2) is 56.8 Å². The molecule has 4 rings (SSSR count). The van der Waals surface area contributed by atoms with E-state index in [9.17, 15) is 4.79 Å². The highest BCUT2D eigenvalue weighted by atomic mass is 16.2. The van der Waals surface area contributed by atoms with Crippen LogP contribution in [0.4, 0.5) is 5.82 Å². The smallest absolute Gasteiger partial charge is 0.223 e. The number of aryl methyl sites for hydroxylation is 1. The third-order valence-electron chi connectivity index (χ3n) is 6.30. The molecule has 0 unspecified atom stereocenters. The van der Waals surface area contributed by atoms with Gasteiger partial charge in [-0.25, -0.2) is 0 Å². The Bertz CT molecular complexity index is 990. The van der Waals surface area contributed by atoms with Gasteiger partial charge in [-0.2, -0.15) is 4.52 Å². The van der Waals surface area contributed by atoms with E-state index in [1.165, 1.54) is 5.56 Å². The van der Waals surface area contributed by atoms with Gasteiger partial charge in [-0.05, 0) is 56.7 Å². The first-order chi connectivity index (χ1) is 15.2. The summed E-state index contributed by atoms with van der Waals surface area (Å²) in [5.74, 6) is 2.52. The van der Waals surface area contributed by atoms with Gasteiger partial charge in [0.2, 0.25) is 5.91 Å². The number of amides is 1. The predicted molar refractivity (Wildman–Crippen MR) is 122 cm³/mol. The van der Waals surface area contributed by atoms with Gasteiger partial charge in [-0.1, -0.05) is 30.3 Å². The van der Waals surface area contributed by atoms with E-state index in [0.717, 1.165) is 62.7 Å². The number of carbonyl (C=O) groups excluding carboxylic acids is 1. The zero-order chi connectivity index (χ0) is 21.6. The molecule has 0 radical (unpaired) electrons. The number of carbonyl (C=O) groups is 1. The molecule has 0 atom stereocenters. The van der Waals surface area contributed by atoms with E-state index in [1.54, 1.807) is 4.52 Å². The Balaban J connectivity index is 1.32. The molecule has 7 nitrogen and oxygen atoms in total. The number of nitrogens with zero attached hydrogens (tertiary/aromatic N) is 6. The Labute approximate surface area is 184 Å². The zero-order valence-corrected chi connectivity index (χ0v) is 18.6. The fraction of sp³-hybridized carbons (Fsp3) is 0.500. The molecule has 1 amide bonds. The average molecular weight is 421 g/mol. The molecule has 2 aromatic heterocycles. The van der Waals surface area contributed by atoms with Crippen molar-refractivity contribution in [2.45, 2.75) is 46.0 Å². The van der Waals surface area contributed by atoms with Crippen molar-refractivity contribution >= 4 is 17.4 Å². The van der Waals surface area contributed by atoms with E-state index in [4.69, 9.17) is 5.10 Å². The molecule has 3 aromatic rings. The van der Waals surface area contributed by atoms with Gasteiger partial charge in [0.1, 0.15) is 5.82 Å². The molecule has 7 heteroatoms. The van der Waals surface area contributed by atoms with Crippen molar-refractivity contribution < 1.29 is 4.79 Å². The molecule has 3 heterocycles. The van der Waals surface area contributed by atoms with Gasteiger partial charge in [-0.15, -0.1) is 15.3 Å². The van der Waals surface area contributed by atoms with E-state index >= 15 is 0 Å². The molecule has 1 fully saturated rings. The molecule has 31 heavy (non-hydrogen) atoms. The lowest BCUT2D eigenvalue weighted by Crippen LogP contribution is -2.39. The summed E-state index contributed by atoms with van der Waals surface area (Å²) in [5.41, 5.74) is 2.11. The molecule has 1 aliphatic rings. The first kappa shape index (κ1) is 21.3. The average Bonchev–Trinajstić information content (AvgIpc) is 3.22. The van der Waals surface area contributed by atoms with Crippen LogP contribution in [0.1, 0.15) is 44.5 Å². The second-order valence-corrected chi connectivity index (χ2v) is 8.26. The van der Waals surface area contributed by atoms with Crippen LogP contribution in [0.2, 0.25) is 0 Å². The van der Waals surface area contributed by atoms with E-state index in [0.29, 0.717) is 18.8 Å². The van der Waals surface area contributed by atoms with Gasteiger partial charge in [0.25, 0.3) is 0 Å². The Hall–Kier alpha value is -2.96. The lowest BCUT2D eigenvalue weighted by atomic mass is 9.90. The molecule has 164 valence electrons. The summed E-state index contributed by atoms with van der Waals surface area (Å²) in [4.78, 5) is 17.0. The van der Waals surface area contributed by atoms with E-state index in [-0.39, 0.29) is 5.91 Å². The molecule has 1 saturated heterocycles. The Morgan fingerprint density at radius 3 is 2.48 bits per heavy atom. The van der Waals surface area contributed by atoms with Crippen molar-refractivity contribution in [1.29, 1.82) is 0 Å². The van der Waals surface area contributed by atoms with Crippen LogP contribution >= 0.6 is 0 Å². The summed E-state index contributed by atoms with van der Waals surface area (Å²) in [6, 6.07) is 14.6. The van der Waals surface area contributed by atoms with Gasteiger partial charge in [-0.3, -0.25) is 4.79 Å². The summed E-state index contributed by atoms with van der Waals surface area (Å²) in [6.07, 6.45) is 4.25. The van der Waals surface area contributed by atoms with Crippen molar-refractivity contribution in [1.82, 2.24) is 24.7 Å². The number of likely N-dealkylation sites (tertiary alicyclic amines) is 1. The summed E-state index contributed by atoms with van der Waals surface area (Å²) in [6.45, 7) is 7.72. The standard InChI is InChI=1S/C24H32N6O/c1-3-28(4-2)23-11-10-21-25-26-22(30(21)27-23)12-13-24(31)29-16-14-20(15-17-29)18-19-8-6-5-7-9-19/h5-11,20H,3-4,12-18H2,1-2H3. The maximum absolute atomic E-state index is 12.8. The molecule has 0 saturated carbocycles. The molecule has 1 aliphatic heterocycles. The van der Waals surface area contributed by atoms with Gasteiger partial charge < -0.3 is 9.80 Å². The Morgan fingerprint density at radius 1 is 1.03 bits per heavy atom. The predicted octanol–water partition coefficient (Wildman–Crippen LogP) is 3.38. The highest BCUT2D eigenvalue weighted by Gasteiger charge is 2.23. The van der Waals surface area contributed by atoms with Crippen LogP contribution in [0, 0.1) is 5.92 Å². The molecule has 0 bridgehead atoms. The third-order valence-corrected chi connectivity index (χ3v) is 6.30. The quantitative estimate of drug-likeness (QED) is 0.559. The zero-order valence-electron chi connectivity index (χ0n) is 18.6. The number of fused-ring (bicyclic) bond motifs is 1. The normalized spacial score (nSPS) is 14.8. The lowest BCUT2D eigenvalue weighted by molar-refractivity contribution is -0.132. The number of anilines is 1. The molecule has 0 spiro atoms. The molecule has 0 aliphatic carbocycles. The summed E-state index contributed by atoms with van der Waals surface area (Å²) in [7, 11) is 0. The summed E-state index contributed by atoms with van der Waals surface area (Å²) >= 11 is 0. The van der Waals surface area contributed by atoms with Crippen molar-refractivity contribution in [3.05, 3.63) is 53.9 Å². The van der Waals surface area contributed by atoms with Gasteiger partial charge >= 0.3 is 0 Å². The van der Waals surface area contributed by atoms with Crippen molar-refractivity contribution in [3.63, 3.8) is 0 Å². The molecular weight excluding hydrogens is 388 g/mol. The molecule has 0 N–H and O–H groups in total. The lowest BCUT2D eigenvalue weighted by Gasteiger charge is -2.32. The number of hydrogen-bond acceptors (Lipinski definition) is 5. The van der Waals surface area contributed by atoms with Gasteiger partial charge in [0, 0.05) is 39.0 Å². The molecule has 1 aromatic carbocycles. The largest absolute Gasteiger partial charge is 0.356 e. The van der Waals surface area contributed by atoms with Crippen molar-refractivity contribution in [3.8, 4) is 0 Å². The first-order valence-electron chi connectivity index (χ1n) is 11.5. The minimum Gasteiger partial charge on any atom is -0.356 e. The van der Waals surface area contributed by atoms with E-state index in [2.05, 4.69) is 59.3 Å². The SMILES string of the molecule is CCN(CC)c1ccc2nnc(CCC(=O)N3CCC(Cc4ccccc4)CC3)n2n1. The van der Waals surface area contributed by atoms with Crippen LogP contribution in [0.25, 0.3) is 5.65 Å². The van der Waals surface area contributed by atoms with Gasteiger partial charge in [0.15, 0.2) is 11.5 Å². The van der Waals surface area contributed by atoms with Gasteiger partial charge in [0.05, 0.1) is 0 Å². The topological polar surface area (TPSA) is 66.6 Å². The maximum atomic E-state index is 12.8. The second kappa shape index (κ2) is 9.90. The van der Waals surface area contributed by atoms with E-state index < -0.39 is 0 Å². The summed E-state index contributed by atoms with van der Waals surface area (Å²) in [5, 5.41) is 13.2. The second-order valence-electron chi connectivity index (χ2n) is 8.26. The van der Waals surface area contributed by atoms with Crippen molar-refractivity contribution in [2.24, 2.45) is 5.92 Å². The molecular formula is C24H32N6O. The minimum absolute atomic E-state index is 0.204. The maximum Gasteiger partial charge on any atom is 0.223 e. The minimum atomic E-state index is 0.204. The fourth-order valence-corrected chi connectivity index (χ4v) is 4.41. The highest BCUT2D eigenvalue weighted by Crippen LogP contribution is 2.22. The van der Waals surface area contributed by atoms with Crippen molar-refractivity contribution in [2.75, 3.05) is 31.1 Å². The van der Waals surface area contributed by atoms with Crippen LogP contribution in [0.15, 0.2) is 42.5 Å². The Kier molecular flexibility index (Phi) is 6.79. The highest BCUT2D eigenvalue weighted by molar-refractivity contribution is 5.76. The monoisotopic (exact) mass is 420 g/mol. The number of aromatic nitrogens is 4. The number of rotatable bonds is 8. The number of piperidine rings is 1. The Morgan fingerprint density at radius 2 is 1.77 bits per heavy atom. The summed E-state index contributed by atoms with van der Waals surface area (Å²) < 4.78 is 1.78. The van der Waals surface area contributed by atoms with E-state index in [1.807, 2.05) is 17.0 Å². The number of benzene rings is 1. The van der Waals surface area contributed by atoms with Crippen LogP contribution in [0.3, 0.4) is 0 Å². The number of hydrogen-bond donors (Lipinski definition) is 0.